The summed E-state index contributed by atoms with van der Waals surface area (Å²) in [4.78, 5) is 17.7. The van der Waals surface area contributed by atoms with Crippen LogP contribution in [0.1, 0.15) is 34.1 Å². The van der Waals surface area contributed by atoms with Gasteiger partial charge in [0, 0.05) is 12.3 Å². The quantitative estimate of drug-likeness (QED) is 0.705. The minimum atomic E-state index is 0.128. The van der Waals surface area contributed by atoms with Crippen molar-refractivity contribution in [2.45, 2.75) is 40.2 Å². The molecule has 0 N–H and O–H groups in total. The highest BCUT2D eigenvalue weighted by Gasteiger charge is 2.26. The van der Waals surface area contributed by atoms with E-state index in [-0.39, 0.29) is 11.9 Å². The predicted molar refractivity (Wildman–Crippen MR) is 68.8 cm³/mol. The molecule has 1 heterocycles. The van der Waals surface area contributed by atoms with Crippen molar-refractivity contribution in [1.29, 1.82) is 0 Å². The summed E-state index contributed by atoms with van der Waals surface area (Å²) >= 11 is 0. The number of ether oxygens (including phenoxy) is 1. The van der Waals surface area contributed by atoms with Gasteiger partial charge in [0.15, 0.2) is 5.88 Å². The number of rotatable bonds is 4. The highest BCUT2D eigenvalue weighted by molar-refractivity contribution is 5.79. The van der Waals surface area contributed by atoms with Crippen molar-refractivity contribution in [3.8, 4) is 0 Å². The third kappa shape index (κ3) is 4.21. The van der Waals surface area contributed by atoms with Gasteiger partial charge in [-0.05, 0) is 25.8 Å². The Morgan fingerprint density at radius 3 is 2.71 bits per heavy atom. The molecule has 0 spiro atoms. The summed E-state index contributed by atoms with van der Waals surface area (Å²) in [6.07, 6.45) is 4.24. The summed E-state index contributed by atoms with van der Waals surface area (Å²) in [5.41, 5.74) is 0. The van der Waals surface area contributed by atoms with E-state index in [4.69, 9.17) is 4.74 Å². The van der Waals surface area contributed by atoms with Crippen LogP contribution in [-0.2, 0) is 9.53 Å². The van der Waals surface area contributed by atoms with Crippen LogP contribution in [0.4, 0.5) is 0 Å². The van der Waals surface area contributed by atoms with Crippen molar-refractivity contribution in [3.05, 3.63) is 12.0 Å². The molecule has 96 valence electrons. The van der Waals surface area contributed by atoms with Gasteiger partial charge in [-0.15, -0.1) is 0 Å². The van der Waals surface area contributed by atoms with E-state index in [2.05, 4.69) is 18.8 Å². The van der Waals surface area contributed by atoms with Gasteiger partial charge >= 0.3 is 0 Å². The number of aliphatic imine (C=N–C) groups is 1. The van der Waals surface area contributed by atoms with Crippen molar-refractivity contribution < 1.29 is 9.53 Å². The molecule has 1 aliphatic heterocycles. The van der Waals surface area contributed by atoms with Gasteiger partial charge in [-0.3, -0.25) is 14.7 Å². The molecule has 0 radical (unpaired) electrons. The standard InChI is InChI=1S/C13H22N2O2/c1-10(2)9-14-7-5-13-15(11(3)4)12(16)6-8-17-13/h5,9-11H,6-8H2,1-4H3/b13-5-,14-9+. The Hall–Kier alpha value is -1.32. The normalized spacial score (nSPS) is 19.8. The molecule has 4 nitrogen and oxygen atoms in total. The number of hydrogen-bond acceptors (Lipinski definition) is 3. The molecule has 1 rings (SSSR count). The molecule has 1 amide bonds. The molecule has 0 aliphatic carbocycles. The van der Waals surface area contributed by atoms with Crippen LogP contribution in [-0.4, -0.2) is 36.2 Å². The summed E-state index contributed by atoms with van der Waals surface area (Å²) in [5, 5.41) is 0. The summed E-state index contributed by atoms with van der Waals surface area (Å²) in [7, 11) is 0. The SMILES string of the molecule is CC(C)/C=N/C/C=C1\OCCC(=O)N1C(C)C. The molecule has 1 saturated heterocycles. The lowest BCUT2D eigenvalue weighted by Gasteiger charge is -2.32. The summed E-state index contributed by atoms with van der Waals surface area (Å²) in [5.74, 6) is 1.23. The Morgan fingerprint density at radius 1 is 1.41 bits per heavy atom. The lowest BCUT2D eigenvalue weighted by molar-refractivity contribution is -0.139. The highest BCUT2D eigenvalue weighted by atomic mass is 16.5. The average Bonchev–Trinajstić information content (AvgIpc) is 2.23. The maximum absolute atomic E-state index is 11.8. The molecule has 1 aliphatic rings. The maximum atomic E-state index is 11.8. The first-order valence-electron chi connectivity index (χ1n) is 6.17. The first-order valence-corrected chi connectivity index (χ1v) is 6.17. The van der Waals surface area contributed by atoms with Crippen LogP contribution in [0, 0.1) is 5.92 Å². The highest BCUT2D eigenvalue weighted by Crippen LogP contribution is 2.18. The van der Waals surface area contributed by atoms with Crippen LogP contribution in [0.2, 0.25) is 0 Å². The molecule has 0 aromatic rings. The predicted octanol–water partition coefficient (Wildman–Crippen LogP) is 2.21. The summed E-state index contributed by atoms with van der Waals surface area (Å²) < 4.78 is 5.52. The minimum absolute atomic E-state index is 0.128. The van der Waals surface area contributed by atoms with E-state index >= 15 is 0 Å². The summed E-state index contributed by atoms with van der Waals surface area (Å²) in [6, 6.07) is 0.128. The van der Waals surface area contributed by atoms with Gasteiger partial charge in [0.1, 0.15) is 0 Å². The second-order valence-electron chi connectivity index (χ2n) is 4.76. The molecule has 0 aromatic carbocycles. The average molecular weight is 238 g/mol. The molecular weight excluding hydrogens is 216 g/mol. The largest absolute Gasteiger partial charge is 0.478 e. The molecule has 0 unspecified atom stereocenters. The Morgan fingerprint density at radius 2 is 2.12 bits per heavy atom. The van der Waals surface area contributed by atoms with Crippen molar-refractivity contribution in [1.82, 2.24) is 4.90 Å². The van der Waals surface area contributed by atoms with Crippen molar-refractivity contribution in [2.24, 2.45) is 10.9 Å². The van der Waals surface area contributed by atoms with Crippen LogP contribution in [0.3, 0.4) is 0 Å². The summed E-state index contributed by atoms with van der Waals surface area (Å²) in [6.45, 7) is 9.16. The van der Waals surface area contributed by atoms with Crippen LogP contribution >= 0.6 is 0 Å². The van der Waals surface area contributed by atoms with Crippen LogP contribution in [0.15, 0.2) is 17.0 Å². The molecule has 0 saturated carbocycles. The van der Waals surface area contributed by atoms with Gasteiger partial charge in [0.2, 0.25) is 5.91 Å². The van der Waals surface area contributed by atoms with Crippen LogP contribution in [0.5, 0.6) is 0 Å². The number of carbonyl (C=O) groups is 1. The van der Waals surface area contributed by atoms with Crippen molar-refractivity contribution in [2.75, 3.05) is 13.2 Å². The first kappa shape index (κ1) is 13.7. The van der Waals surface area contributed by atoms with Crippen molar-refractivity contribution >= 4 is 12.1 Å². The second-order valence-corrected chi connectivity index (χ2v) is 4.76. The molecule has 0 atom stereocenters. The van der Waals surface area contributed by atoms with E-state index in [1.165, 1.54) is 0 Å². The van der Waals surface area contributed by atoms with Gasteiger partial charge in [0.05, 0.1) is 19.6 Å². The van der Waals surface area contributed by atoms with Gasteiger partial charge in [0.25, 0.3) is 0 Å². The monoisotopic (exact) mass is 238 g/mol. The number of carbonyl (C=O) groups excluding carboxylic acids is 1. The third-order valence-corrected chi connectivity index (χ3v) is 2.36. The van der Waals surface area contributed by atoms with Crippen molar-refractivity contribution in [3.63, 3.8) is 0 Å². The van der Waals surface area contributed by atoms with Crippen LogP contribution in [0.25, 0.3) is 0 Å². The zero-order valence-corrected chi connectivity index (χ0v) is 11.1. The van der Waals surface area contributed by atoms with E-state index in [1.54, 1.807) is 4.90 Å². The lowest BCUT2D eigenvalue weighted by Crippen LogP contribution is -2.41. The molecular formula is C13H22N2O2. The van der Waals surface area contributed by atoms with Gasteiger partial charge in [-0.1, -0.05) is 13.8 Å². The number of nitrogens with zero attached hydrogens (tertiary/aromatic N) is 2. The molecule has 0 aromatic heterocycles. The molecule has 4 heteroatoms. The fourth-order valence-electron chi connectivity index (χ4n) is 1.66. The third-order valence-electron chi connectivity index (χ3n) is 2.36. The van der Waals surface area contributed by atoms with Gasteiger partial charge in [-0.25, -0.2) is 0 Å². The Balaban J connectivity index is 2.65. The molecule has 17 heavy (non-hydrogen) atoms. The lowest BCUT2D eigenvalue weighted by atomic mass is 10.2. The Kier molecular flexibility index (Phi) is 5.19. The van der Waals surface area contributed by atoms with E-state index in [0.29, 0.717) is 31.4 Å². The first-order chi connectivity index (χ1) is 8.02. The smallest absolute Gasteiger partial charge is 0.232 e. The zero-order chi connectivity index (χ0) is 12.8. The van der Waals surface area contributed by atoms with Gasteiger partial charge in [-0.2, -0.15) is 0 Å². The fourth-order valence-corrected chi connectivity index (χ4v) is 1.66. The zero-order valence-electron chi connectivity index (χ0n) is 11.1. The van der Waals surface area contributed by atoms with Crippen LogP contribution < -0.4 is 0 Å². The second kappa shape index (κ2) is 6.42. The van der Waals surface area contributed by atoms with E-state index in [1.807, 2.05) is 26.1 Å². The fraction of sp³-hybridized carbons (Fsp3) is 0.692. The topological polar surface area (TPSA) is 41.9 Å². The molecule has 1 fully saturated rings. The maximum Gasteiger partial charge on any atom is 0.232 e. The van der Waals surface area contributed by atoms with E-state index in [0.717, 1.165) is 0 Å². The Bertz CT molecular complexity index is 319. The number of amides is 1. The molecule has 0 bridgehead atoms. The minimum Gasteiger partial charge on any atom is -0.478 e. The van der Waals surface area contributed by atoms with E-state index < -0.39 is 0 Å². The number of hydrogen-bond donors (Lipinski definition) is 0. The van der Waals surface area contributed by atoms with Gasteiger partial charge < -0.3 is 4.74 Å². The Labute approximate surface area is 103 Å². The van der Waals surface area contributed by atoms with E-state index in [9.17, 15) is 4.79 Å².